The van der Waals surface area contributed by atoms with Crippen LogP contribution in [0.2, 0.25) is 0 Å². The van der Waals surface area contributed by atoms with Gasteiger partial charge in [0.05, 0.1) is 17.2 Å². The van der Waals surface area contributed by atoms with Crippen molar-refractivity contribution in [2.45, 2.75) is 13.8 Å². The third-order valence-corrected chi connectivity index (χ3v) is 6.38. The highest BCUT2D eigenvalue weighted by Crippen LogP contribution is 2.33. The zero-order valence-electron chi connectivity index (χ0n) is 20.3. The van der Waals surface area contributed by atoms with Gasteiger partial charge in [0.15, 0.2) is 5.11 Å². The molecule has 0 spiro atoms. The second-order valence-electron chi connectivity index (χ2n) is 8.35. The molecule has 1 N–H and O–H groups in total. The van der Waals surface area contributed by atoms with E-state index in [0.29, 0.717) is 55.5 Å². The van der Waals surface area contributed by atoms with E-state index in [1.807, 2.05) is 4.90 Å². The van der Waals surface area contributed by atoms with Gasteiger partial charge in [-0.1, -0.05) is 12.1 Å². The number of rotatable bonds is 6. The van der Waals surface area contributed by atoms with Crippen LogP contribution in [-0.4, -0.2) is 65.4 Å². The second kappa shape index (κ2) is 10.7. The molecular formula is C25H25N5O6S. The molecule has 37 heavy (non-hydrogen) atoms. The Kier molecular flexibility index (Phi) is 7.48. The Labute approximate surface area is 218 Å². The Morgan fingerprint density at radius 3 is 2.49 bits per heavy atom. The molecule has 4 rings (SSSR count). The Morgan fingerprint density at radius 1 is 1.14 bits per heavy atom. The largest absolute Gasteiger partial charge is 0.492 e. The molecule has 0 radical (unpaired) electrons. The van der Waals surface area contributed by atoms with Crippen LogP contribution in [0.3, 0.4) is 0 Å². The number of anilines is 2. The smallest absolute Gasteiger partial charge is 0.270 e. The average Bonchev–Trinajstić information content (AvgIpc) is 2.87. The molecule has 2 aromatic carbocycles. The number of hydrogen-bond acceptors (Lipinski definition) is 8. The lowest BCUT2D eigenvalue weighted by Crippen LogP contribution is -2.54. The van der Waals surface area contributed by atoms with Crippen molar-refractivity contribution in [1.82, 2.24) is 10.2 Å². The van der Waals surface area contributed by atoms with Crippen molar-refractivity contribution in [3.8, 4) is 5.75 Å². The maximum absolute atomic E-state index is 13.6. The number of para-hydroxylation sites is 2. The number of nitrogens with one attached hydrogen (secondary N) is 1. The lowest BCUT2D eigenvalue weighted by atomic mass is 10.0. The predicted molar refractivity (Wildman–Crippen MR) is 141 cm³/mol. The molecule has 0 saturated carbocycles. The molecule has 2 heterocycles. The number of ether oxygens (including phenoxy) is 1. The van der Waals surface area contributed by atoms with Gasteiger partial charge in [-0.2, -0.15) is 0 Å². The van der Waals surface area contributed by atoms with Crippen LogP contribution < -0.4 is 19.9 Å². The second-order valence-corrected chi connectivity index (χ2v) is 8.74. The van der Waals surface area contributed by atoms with E-state index in [1.165, 1.54) is 30.0 Å². The van der Waals surface area contributed by atoms with Crippen molar-refractivity contribution in [2.75, 3.05) is 42.6 Å². The average molecular weight is 524 g/mol. The van der Waals surface area contributed by atoms with Gasteiger partial charge in [0.25, 0.3) is 17.5 Å². The van der Waals surface area contributed by atoms with Crippen molar-refractivity contribution >= 4 is 58.2 Å². The Balaban J connectivity index is 1.76. The van der Waals surface area contributed by atoms with Crippen LogP contribution in [-0.2, 0) is 14.4 Å². The first-order valence-corrected chi connectivity index (χ1v) is 12.0. The molecule has 2 saturated heterocycles. The van der Waals surface area contributed by atoms with E-state index < -0.39 is 16.7 Å². The summed E-state index contributed by atoms with van der Waals surface area (Å²) in [6.45, 7) is 5.62. The van der Waals surface area contributed by atoms with Gasteiger partial charge in [0.2, 0.25) is 5.91 Å². The van der Waals surface area contributed by atoms with Crippen LogP contribution in [0.5, 0.6) is 5.75 Å². The fraction of sp³-hybridized carbons (Fsp3) is 0.280. The number of carbonyl (C=O) groups excluding carboxylic acids is 3. The summed E-state index contributed by atoms with van der Waals surface area (Å²) in [6.07, 6.45) is 1.34. The summed E-state index contributed by atoms with van der Waals surface area (Å²) < 4.78 is 5.64. The monoisotopic (exact) mass is 523 g/mol. The first-order chi connectivity index (χ1) is 17.7. The zero-order chi connectivity index (χ0) is 26.7. The molecule has 2 aliphatic heterocycles. The zero-order valence-corrected chi connectivity index (χ0v) is 21.1. The number of piperazine rings is 1. The van der Waals surface area contributed by atoms with Gasteiger partial charge >= 0.3 is 0 Å². The number of nitro benzene ring substituents is 1. The number of thiocarbonyl (C=S) groups is 1. The summed E-state index contributed by atoms with van der Waals surface area (Å²) in [5, 5.41) is 13.9. The van der Waals surface area contributed by atoms with E-state index >= 15 is 0 Å². The summed E-state index contributed by atoms with van der Waals surface area (Å²) in [4.78, 5) is 54.0. The SMILES string of the molecule is CCOc1ccccc1N1C(=O)/C(=C\c2cc([N+](=O)[O-])ccc2N2CCN(C(C)=O)CC2)C(=O)NC1=S. The lowest BCUT2D eigenvalue weighted by molar-refractivity contribution is -0.384. The highest BCUT2D eigenvalue weighted by Gasteiger charge is 2.36. The third-order valence-electron chi connectivity index (χ3n) is 6.10. The van der Waals surface area contributed by atoms with Crippen molar-refractivity contribution in [2.24, 2.45) is 0 Å². The molecule has 192 valence electrons. The minimum atomic E-state index is -0.709. The molecule has 11 nitrogen and oxygen atoms in total. The fourth-order valence-electron chi connectivity index (χ4n) is 4.27. The van der Waals surface area contributed by atoms with E-state index in [2.05, 4.69) is 5.32 Å². The van der Waals surface area contributed by atoms with Crippen molar-refractivity contribution in [1.29, 1.82) is 0 Å². The minimum absolute atomic E-state index is 0.0291. The molecule has 0 unspecified atom stereocenters. The highest BCUT2D eigenvalue weighted by atomic mass is 32.1. The van der Waals surface area contributed by atoms with Crippen LogP contribution in [0, 0.1) is 10.1 Å². The summed E-state index contributed by atoms with van der Waals surface area (Å²) in [5.74, 6) is -1.01. The summed E-state index contributed by atoms with van der Waals surface area (Å²) in [5.41, 5.74) is 0.885. The molecule has 0 bridgehead atoms. The van der Waals surface area contributed by atoms with Gasteiger partial charge < -0.3 is 14.5 Å². The molecule has 12 heteroatoms. The van der Waals surface area contributed by atoms with E-state index in [-0.39, 0.29) is 22.3 Å². The summed E-state index contributed by atoms with van der Waals surface area (Å²) >= 11 is 5.30. The van der Waals surface area contributed by atoms with Crippen LogP contribution in [0.25, 0.3) is 6.08 Å². The van der Waals surface area contributed by atoms with Gasteiger partial charge in [0.1, 0.15) is 11.3 Å². The number of hydrogen-bond donors (Lipinski definition) is 1. The van der Waals surface area contributed by atoms with Crippen molar-refractivity contribution in [3.63, 3.8) is 0 Å². The maximum atomic E-state index is 13.6. The van der Waals surface area contributed by atoms with Gasteiger partial charge in [-0.3, -0.25) is 29.8 Å². The fourth-order valence-corrected chi connectivity index (χ4v) is 4.55. The first-order valence-electron chi connectivity index (χ1n) is 11.6. The molecule has 3 amide bonds. The standard InChI is InChI=1S/C25H25N5O6S/c1-3-36-22-7-5-4-6-21(22)29-24(33)19(23(32)26-25(29)37)15-17-14-18(30(34)35)8-9-20(17)28-12-10-27(11-13-28)16(2)31/h4-9,14-15H,3,10-13H2,1-2H3,(H,26,32,37)/b19-15-. The molecule has 0 aliphatic carbocycles. The quantitative estimate of drug-likeness (QED) is 0.201. The van der Waals surface area contributed by atoms with E-state index in [9.17, 15) is 24.5 Å². The Bertz CT molecular complexity index is 1320. The minimum Gasteiger partial charge on any atom is -0.492 e. The number of carbonyl (C=O) groups is 3. The lowest BCUT2D eigenvalue weighted by Gasteiger charge is -2.36. The van der Waals surface area contributed by atoms with Crippen LogP contribution in [0.4, 0.5) is 17.1 Å². The predicted octanol–water partition coefficient (Wildman–Crippen LogP) is 2.49. The molecule has 0 aromatic heterocycles. The van der Waals surface area contributed by atoms with Gasteiger partial charge in [-0.15, -0.1) is 0 Å². The van der Waals surface area contributed by atoms with E-state index in [0.717, 1.165) is 0 Å². The van der Waals surface area contributed by atoms with E-state index in [1.54, 1.807) is 42.2 Å². The van der Waals surface area contributed by atoms with Gasteiger partial charge in [-0.25, -0.2) is 4.90 Å². The van der Waals surface area contributed by atoms with Crippen molar-refractivity contribution < 1.29 is 24.0 Å². The molecular weight excluding hydrogens is 498 g/mol. The first kappa shape index (κ1) is 25.8. The highest BCUT2D eigenvalue weighted by molar-refractivity contribution is 7.80. The Hall–Kier alpha value is -4.32. The normalized spacial score (nSPS) is 17.2. The number of amides is 3. The van der Waals surface area contributed by atoms with Gasteiger partial charge in [0, 0.05) is 56.5 Å². The summed E-state index contributed by atoms with van der Waals surface area (Å²) in [7, 11) is 0. The molecule has 0 atom stereocenters. The van der Waals surface area contributed by atoms with Crippen LogP contribution >= 0.6 is 12.2 Å². The maximum Gasteiger partial charge on any atom is 0.270 e. The number of benzene rings is 2. The van der Waals surface area contributed by atoms with E-state index in [4.69, 9.17) is 17.0 Å². The molecule has 2 fully saturated rings. The number of nitrogens with zero attached hydrogens (tertiary/aromatic N) is 4. The molecule has 2 aromatic rings. The summed E-state index contributed by atoms with van der Waals surface area (Å²) in [6, 6.07) is 11.1. The van der Waals surface area contributed by atoms with Gasteiger partial charge in [-0.05, 0) is 43.4 Å². The topological polar surface area (TPSA) is 125 Å². The number of non-ortho nitro benzene ring substituents is 1. The van der Waals surface area contributed by atoms with Crippen LogP contribution in [0.1, 0.15) is 19.4 Å². The number of nitro groups is 1. The molecule has 2 aliphatic rings. The van der Waals surface area contributed by atoms with Crippen LogP contribution in [0.15, 0.2) is 48.0 Å². The van der Waals surface area contributed by atoms with Crippen molar-refractivity contribution in [3.05, 3.63) is 63.7 Å². The Morgan fingerprint density at radius 2 is 1.84 bits per heavy atom. The third kappa shape index (κ3) is 5.28.